The number of aryl methyl sites for hydroxylation is 1. The number of anilines is 1. The second-order valence-electron chi connectivity index (χ2n) is 5.08. The summed E-state index contributed by atoms with van der Waals surface area (Å²) in [5.41, 5.74) is 1.24. The zero-order chi connectivity index (χ0) is 16.9. The van der Waals surface area contributed by atoms with Crippen molar-refractivity contribution in [2.45, 2.75) is 12.8 Å². The summed E-state index contributed by atoms with van der Waals surface area (Å²) in [6.07, 6.45) is 0.513. The molecule has 0 spiro atoms. The van der Waals surface area contributed by atoms with Crippen molar-refractivity contribution in [2.75, 3.05) is 5.32 Å². The molecule has 0 atom stereocenters. The first-order valence-electron chi connectivity index (χ1n) is 7.24. The van der Waals surface area contributed by atoms with E-state index in [1.165, 1.54) is 12.1 Å². The van der Waals surface area contributed by atoms with Gasteiger partial charge in [-0.2, -0.15) is 4.98 Å². The lowest BCUT2D eigenvalue weighted by atomic mass is 10.2. The van der Waals surface area contributed by atoms with Crippen molar-refractivity contribution in [1.29, 1.82) is 0 Å². The maximum Gasteiger partial charge on any atom is 0.227 e. The van der Waals surface area contributed by atoms with E-state index < -0.39 is 0 Å². The van der Waals surface area contributed by atoms with Gasteiger partial charge in [0.05, 0.1) is 0 Å². The maximum atomic E-state index is 13.2. The van der Waals surface area contributed by atoms with Gasteiger partial charge in [0.25, 0.3) is 0 Å². The Labute approximate surface area is 146 Å². The molecule has 1 N–H and O–H groups in total. The fourth-order valence-corrected chi connectivity index (χ4v) is 2.51. The van der Waals surface area contributed by atoms with E-state index in [-0.39, 0.29) is 18.1 Å². The lowest BCUT2D eigenvalue weighted by molar-refractivity contribution is -0.116. The predicted octanol–water partition coefficient (Wildman–Crippen LogP) is 4.21. The summed E-state index contributed by atoms with van der Waals surface area (Å²) in [5, 5.41) is 6.60. The number of benzene rings is 2. The first-order valence-corrected chi connectivity index (χ1v) is 8.03. The average molecular weight is 390 g/mol. The van der Waals surface area contributed by atoms with E-state index in [2.05, 4.69) is 31.4 Å². The standard InChI is InChI=1S/C17H13BrFN3O2/c18-12-4-2-6-14(10-12)20-15(23)7-8-16-21-17(22-24-16)11-3-1-5-13(19)9-11/h1-6,9-10H,7-8H2,(H,20,23). The zero-order valence-corrected chi connectivity index (χ0v) is 14.1. The minimum Gasteiger partial charge on any atom is -0.339 e. The van der Waals surface area contributed by atoms with Crippen LogP contribution in [-0.4, -0.2) is 16.0 Å². The van der Waals surface area contributed by atoms with Crippen LogP contribution in [0.15, 0.2) is 57.5 Å². The Balaban J connectivity index is 1.58. The average Bonchev–Trinajstić information content (AvgIpc) is 3.02. The Morgan fingerprint density at radius 3 is 2.83 bits per heavy atom. The van der Waals surface area contributed by atoms with E-state index >= 15 is 0 Å². The van der Waals surface area contributed by atoms with Crippen molar-refractivity contribution in [3.05, 3.63) is 64.7 Å². The van der Waals surface area contributed by atoms with Crippen LogP contribution in [-0.2, 0) is 11.2 Å². The van der Waals surface area contributed by atoms with Crippen LogP contribution in [0.1, 0.15) is 12.3 Å². The number of aromatic nitrogens is 2. The number of nitrogens with one attached hydrogen (secondary N) is 1. The van der Waals surface area contributed by atoms with Crippen LogP contribution in [0.5, 0.6) is 0 Å². The number of hydrogen-bond acceptors (Lipinski definition) is 4. The van der Waals surface area contributed by atoms with Crippen LogP contribution in [0, 0.1) is 5.82 Å². The van der Waals surface area contributed by atoms with Crippen molar-refractivity contribution >= 4 is 27.5 Å². The molecule has 0 bridgehead atoms. The van der Waals surface area contributed by atoms with Crippen LogP contribution in [0.3, 0.4) is 0 Å². The number of hydrogen-bond donors (Lipinski definition) is 1. The van der Waals surface area contributed by atoms with Gasteiger partial charge >= 0.3 is 0 Å². The van der Waals surface area contributed by atoms with Crippen LogP contribution >= 0.6 is 15.9 Å². The fourth-order valence-electron chi connectivity index (χ4n) is 2.11. The van der Waals surface area contributed by atoms with Gasteiger partial charge in [-0.3, -0.25) is 4.79 Å². The molecule has 0 saturated carbocycles. The van der Waals surface area contributed by atoms with Crippen LogP contribution in [0.25, 0.3) is 11.4 Å². The molecule has 0 radical (unpaired) electrons. The predicted molar refractivity (Wildman–Crippen MR) is 90.8 cm³/mol. The number of amides is 1. The highest BCUT2D eigenvalue weighted by atomic mass is 79.9. The molecule has 0 aliphatic rings. The fraction of sp³-hybridized carbons (Fsp3) is 0.118. The lowest BCUT2D eigenvalue weighted by Crippen LogP contribution is -2.12. The normalized spacial score (nSPS) is 10.6. The Morgan fingerprint density at radius 2 is 2.04 bits per heavy atom. The van der Waals surface area contributed by atoms with Crippen molar-refractivity contribution in [2.24, 2.45) is 0 Å². The van der Waals surface area contributed by atoms with Crippen molar-refractivity contribution in [3.8, 4) is 11.4 Å². The number of nitrogens with zero attached hydrogens (tertiary/aromatic N) is 2. The Hall–Kier alpha value is -2.54. The van der Waals surface area contributed by atoms with E-state index in [9.17, 15) is 9.18 Å². The summed E-state index contributed by atoms with van der Waals surface area (Å²) in [6.45, 7) is 0. The topological polar surface area (TPSA) is 68.0 Å². The minimum absolute atomic E-state index is 0.154. The second kappa shape index (κ2) is 7.35. The van der Waals surface area contributed by atoms with E-state index in [1.54, 1.807) is 18.2 Å². The first-order chi connectivity index (χ1) is 11.6. The third kappa shape index (κ3) is 4.26. The molecule has 5 nitrogen and oxygen atoms in total. The highest BCUT2D eigenvalue weighted by Crippen LogP contribution is 2.18. The summed E-state index contributed by atoms with van der Waals surface area (Å²) in [5.74, 6) is 0.112. The van der Waals surface area contributed by atoms with Gasteiger partial charge in [-0.05, 0) is 30.3 Å². The molecular weight excluding hydrogens is 377 g/mol. The molecule has 0 saturated heterocycles. The quantitative estimate of drug-likeness (QED) is 0.709. The van der Waals surface area contributed by atoms with Crippen LogP contribution in [0.2, 0.25) is 0 Å². The molecule has 3 rings (SSSR count). The van der Waals surface area contributed by atoms with Gasteiger partial charge in [0, 0.05) is 28.6 Å². The molecule has 3 aromatic rings. The van der Waals surface area contributed by atoms with E-state index in [0.717, 1.165) is 4.47 Å². The molecule has 1 heterocycles. The Morgan fingerprint density at radius 1 is 1.21 bits per heavy atom. The van der Waals surface area contributed by atoms with Gasteiger partial charge in [-0.1, -0.05) is 39.3 Å². The summed E-state index contributed by atoms with van der Waals surface area (Å²) < 4.78 is 19.2. The molecule has 1 amide bonds. The largest absolute Gasteiger partial charge is 0.339 e. The van der Waals surface area contributed by atoms with Gasteiger partial charge in [-0.15, -0.1) is 0 Å². The van der Waals surface area contributed by atoms with Crippen LogP contribution < -0.4 is 5.32 Å². The molecule has 24 heavy (non-hydrogen) atoms. The van der Waals surface area contributed by atoms with E-state index in [1.807, 2.05) is 18.2 Å². The van der Waals surface area contributed by atoms with Gasteiger partial charge < -0.3 is 9.84 Å². The summed E-state index contributed by atoms with van der Waals surface area (Å²) >= 11 is 3.35. The van der Waals surface area contributed by atoms with Gasteiger partial charge in [-0.25, -0.2) is 4.39 Å². The highest BCUT2D eigenvalue weighted by molar-refractivity contribution is 9.10. The van der Waals surface area contributed by atoms with Crippen molar-refractivity contribution in [3.63, 3.8) is 0 Å². The summed E-state index contributed by atoms with van der Waals surface area (Å²) in [6, 6.07) is 13.3. The zero-order valence-electron chi connectivity index (χ0n) is 12.5. The minimum atomic E-state index is -0.368. The molecule has 2 aromatic carbocycles. The molecular formula is C17H13BrFN3O2. The lowest BCUT2D eigenvalue weighted by Gasteiger charge is -2.04. The molecule has 0 aliphatic carbocycles. The Kier molecular flexibility index (Phi) is 5.00. The van der Waals surface area contributed by atoms with Crippen molar-refractivity contribution < 1.29 is 13.7 Å². The number of halogens is 2. The smallest absolute Gasteiger partial charge is 0.227 e. The summed E-state index contributed by atoms with van der Waals surface area (Å²) in [7, 11) is 0. The van der Waals surface area contributed by atoms with Crippen LogP contribution in [0.4, 0.5) is 10.1 Å². The molecule has 0 unspecified atom stereocenters. The second-order valence-corrected chi connectivity index (χ2v) is 6.00. The molecule has 7 heteroatoms. The Bertz CT molecular complexity index is 866. The monoisotopic (exact) mass is 389 g/mol. The van der Waals surface area contributed by atoms with Gasteiger partial charge in [0.15, 0.2) is 0 Å². The number of rotatable bonds is 5. The first kappa shape index (κ1) is 16.3. The summed E-state index contributed by atoms with van der Waals surface area (Å²) in [4.78, 5) is 16.1. The van der Waals surface area contributed by atoms with E-state index in [4.69, 9.17) is 4.52 Å². The van der Waals surface area contributed by atoms with Gasteiger partial charge in [0.1, 0.15) is 5.82 Å². The van der Waals surface area contributed by atoms with Crippen molar-refractivity contribution in [1.82, 2.24) is 10.1 Å². The molecule has 0 aliphatic heterocycles. The van der Waals surface area contributed by atoms with Gasteiger partial charge in [0.2, 0.25) is 17.6 Å². The van der Waals surface area contributed by atoms with E-state index in [0.29, 0.717) is 29.4 Å². The highest BCUT2D eigenvalue weighted by Gasteiger charge is 2.11. The molecule has 122 valence electrons. The third-order valence-electron chi connectivity index (χ3n) is 3.23. The SMILES string of the molecule is O=C(CCc1nc(-c2cccc(F)c2)no1)Nc1cccc(Br)c1. The number of carbonyl (C=O) groups is 1. The third-order valence-corrected chi connectivity index (χ3v) is 3.72. The maximum absolute atomic E-state index is 13.2. The molecule has 1 aromatic heterocycles. The molecule has 0 fully saturated rings. The number of carbonyl (C=O) groups excluding carboxylic acids is 1.